The number of aliphatic carboxylic acids is 1. The van der Waals surface area contributed by atoms with Crippen molar-refractivity contribution < 1.29 is 23.1 Å². The van der Waals surface area contributed by atoms with Crippen LogP contribution in [0.1, 0.15) is 5.56 Å². The molecule has 1 aromatic carbocycles. The molecule has 1 N–H and O–H groups in total. The lowest BCUT2D eigenvalue weighted by Gasteiger charge is -2.30. The summed E-state index contributed by atoms with van der Waals surface area (Å²) in [5.74, 6) is -1.17. The lowest BCUT2D eigenvalue weighted by atomic mass is 10.2. The van der Waals surface area contributed by atoms with Gasteiger partial charge in [0.1, 0.15) is 0 Å². The SMILES string of the molecule is Cc1cc(Cl)ccc1S(=O)(=O)N1CCOC(C(=O)O)C1. The molecule has 0 aromatic heterocycles. The van der Waals surface area contributed by atoms with Crippen LogP contribution in [0.3, 0.4) is 0 Å². The molecule has 6 nitrogen and oxygen atoms in total. The van der Waals surface area contributed by atoms with E-state index in [1.54, 1.807) is 13.0 Å². The standard InChI is InChI=1S/C12H14ClNO5S/c1-8-6-9(13)2-3-11(8)20(17,18)14-4-5-19-10(7-14)12(15)16/h2-3,6,10H,4-5,7H2,1H3,(H,15,16). The number of benzene rings is 1. The first-order valence-electron chi connectivity index (χ1n) is 5.93. The second-order valence-corrected chi connectivity index (χ2v) is 6.81. The molecule has 110 valence electrons. The van der Waals surface area contributed by atoms with E-state index in [-0.39, 0.29) is 24.6 Å². The van der Waals surface area contributed by atoms with Crippen molar-refractivity contribution in [3.8, 4) is 0 Å². The number of ether oxygens (including phenoxy) is 1. The van der Waals surface area contributed by atoms with Gasteiger partial charge < -0.3 is 9.84 Å². The molecular formula is C12H14ClNO5S. The number of morpholine rings is 1. The van der Waals surface area contributed by atoms with Crippen LogP contribution in [0, 0.1) is 6.92 Å². The topological polar surface area (TPSA) is 83.9 Å². The molecule has 1 aromatic rings. The zero-order valence-electron chi connectivity index (χ0n) is 10.7. The summed E-state index contributed by atoms with van der Waals surface area (Å²) < 4.78 is 31.2. The molecule has 20 heavy (non-hydrogen) atoms. The van der Waals surface area contributed by atoms with E-state index >= 15 is 0 Å². The lowest BCUT2D eigenvalue weighted by molar-refractivity contribution is -0.153. The molecule has 1 heterocycles. The predicted molar refractivity (Wildman–Crippen MR) is 72.3 cm³/mol. The minimum atomic E-state index is -3.74. The van der Waals surface area contributed by atoms with Gasteiger partial charge in [0.25, 0.3) is 0 Å². The van der Waals surface area contributed by atoms with Crippen molar-refractivity contribution in [2.75, 3.05) is 19.7 Å². The number of carboxylic acids is 1. The highest BCUT2D eigenvalue weighted by atomic mass is 35.5. The Hall–Kier alpha value is -1.15. The van der Waals surface area contributed by atoms with Crippen LogP contribution in [-0.4, -0.2) is 49.6 Å². The van der Waals surface area contributed by atoms with Crippen LogP contribution < -0.4 is 0 Å². The van der Waals surface area contributed by atoms with Gasteiger partial charge in [-0.05, 0) is 30.7 Å². The quantitative estimate of drug-likeness (QED) is 0.902. The molecule has 0 aliphatic carbocycles. The number of halogens is 1. The van der Waals surface area contributed by atoms with Gasteiger partial charge in [0.15, 0.2) is 6.10 Å². The smallest absolute Gasteiger partial charge is 0.334 e. The van der Waals surface area contributed by atoms with Crippen molar-refractivity contribution in [2.24, 2.45) is 0 Å². The van der Waals surface area contributed by atoms with Crippen molar-refractivity contribution in [3.05, 3.63) is 28.8 Å². The van der Waals surface area contributed by atoms with E-state index in [1.165, 1.54) is 12.1 Å². The molecule has 1 unspecified atom stereocenters. The molecule has 1 atom stereocenters. The zero-order valence-corrected chi connectivity index (χ0v) is 12.3. The van der Waals surface area contributed by atoms with Gasteiger partial charge in [0.2, 0.25) is 10.0 Å². The second kappa shape index (κ2) is 5.69. The van der Waals surface area contributed by atoms with E-state index in [1.807, 2.05) is 0 Å². The number of carboxylic acid groups (broad SMARTS) is 1. The summed E-state index contributed by atoms with van der Waals surface area (Å²) >= 11 is 5.81. The third kappa shape index (κ3) is 2.95. The van der Waals surface area contributed by atoms with Crippen LogP contribution in [0.5, 0.6) is 0 Å². The monoisotopic (exact) mass is 319 g/mol. The predicted octanol–water partition coefficient (Wildman–Crippen LogP) is 1.12. The van der Waals surface area contributed by atoms with Gasteiger partial charge in [0, 0.05) is 11.6 Å². The van der Waals surface area contributed by atoms with Crippen LogP contribution >= 0.6 is 11.6 Å². The molecule has 1 saturated heterocycles. The Morgan fingerprint density at radius 2 is 2.20 bits per heavy atom. The maximum Gasteiger partial charge on any atom is 0.334 e. The molecule has 2 rings (SSSR count). The number of aryl methyl sites for hydroxylation is 1. The van der Waals surface area contributed by atoms with Crippen LogP contribution in [0.2, 0.25) is 5.02 Å². The van der Waals surface area contributed by atoms with Gasteiger partial charge in [-0.2, -0.15) is 4.31 Å². The van der Waals surface area contributed by atoms with Gasteiger partial charge in [-0.1, -0.05) is 11.6 Å². The number of rotatable bonds is 3. The second-order valence-electron chi connectivity index (χ2n) is 4.47. The van der Waals surface area contributed by atoms with Crippen molar-refractivity contribution in [3.63, 3.8) is 0 Å². The van der Waals surface area contributed by atoms with Gasteiger partial charge >= 0.3 is 5.97 Å². The van der Waals surface area contributed by atoms with E-state index in [0.717, 1.165) is 4.31 Å². The summed E-state index contributed by atoms with van der Waals surface area (Å²) in [5, 5.41) is 9.37. The number of carbonyl (C=O) groups is 1. The van der Waals surface area contributed by atoms with Gasteiger partial charge in [-0.15, -0.1) is 0 Å². The van der Waals surface area contributed by atoms with E-state index in [0.29, 0.717) is 10.6 Å². The Morgan fingerprint density at radius 1 is 1.50 bits per heavy atom. The fraction of sp³-hybridized carbons (Fsp3) is 0.417. The molecule has 0 bridgehead atoms. The average molecular weight is 320 g/mol. The third-order valence-electron chi connectivity index (χ3n) is 3.06. The minimum absolute atomic E-state index is 0.0584. The summed E-state index contributed by atoms with van der Waals surface area (Å²) in [6.45, 7) is 1.64. The summed E-state index contributed by atoms with van der Waals surface area (Å²) in [7, 11) is -3.74. The van der Waals surface area contributed by atoms with E-state index in [9.17, 15) is 13.2 Å². The van der Waals surface area contributed by atoms with Crippen molar-refractivity contribution in [2.45, 2.75) is 17.9 Å². The summed E-state index contributed by atoms with van der Waals surface area (Å²) in [5.41, 5.74) is 0.524. The van der Waals surface area contributed by atoms with Gasteiger partial charge in [0.05, 0.1) is 18.0 Å². The Labute approximate surface area is 122 Å². The van der Waals surface area contributed by atoms with E-state index in [2.05, 4.69) is 0 Å². The molecule has 0 radical (unpaired) electrons. The fourth-order valence-corrected chi connectivity index (χ4v) is 3.89. The first kappa shape index (κ1) is 15.2. The summed E-state index contributed by atoms with van der Waals surface area (Å²) in [6, 6.07) is 4.48. The fourth-order valence-electron chi connectivity index (χ4n) is 2.03. The number of nitrogens with zero attached hydrogens (tertiary/aromatic N) is 1. The number of hydrogen-bond donors (Lipinski definition) is 1. The molecule has 0 amide bonds. The molecule has 1 aliphatic rings. The average Bonchev–Trinajstić information content (AvgIpc) is 2.38. The Balaban J connectivity index is 2.32. The Morgan fingerprint density at radius 3 is 2.80 bits per heavy atom. The van der Waals surface area contributed by atoms with Crippen molar-refractivity contribution in [1.82, 2.24) is 4.31 Å². The molecular weight excluding hydrogens is 306 g/mol. The molecule has 1 fully saturated rings. The van der Waals surface area contributed by atoms with Crippen LogP contribution in [0.25, 0.3) is 0 Å². The Bertz CT molecular complexity index is 631. The van der Waals surface area contributed by atoms with E-state index in [4.69, 9.17) is 21.4 Å². The molecule has 0 saturated carbocycles. The first-order chi connectivity index (χ1) is 9.32. The maximum atomic E-state index is 12.5. The molecule has 0 spiro atoms. The largest absolute Gasteiger partial charge is 0.479 e. The molecule has 1 aliphatic heterocycles. The van der Waals surface area contributed by atoms with E-state index < -0.39 is 22.1 Å². The van der Waals surface area contributed by atoms with Crippen molar-refractivity contribution >= 4 is 27.6 Å². The van der Waals surface area contributed by atoms with Crippen molar-refractivity contribution in [1.29, 1.82) is 0 Å². The van der Waals surface area contributed by atoms with Crippen LogP contribution in [0.4, 0.5) is 0 Å². The summed E-state index contributed by atoms with van der Waals surface area (Å²) in [4.78, 5) is 11.0. The zero-order chi connectivity index (χ0) is 14.9. The lowest BCUT2D eigenvalue weighted by Crippen LogP contribution is -2.48. The number of sulfonamides is 1. The summed E-state index contributed by atoms with van der Waals surface area (Å²) in [6.07, 6.45) is -1.13. The normalized spacial score (nSPS) is 20.8. The third-order valence-corrected chi connectivity index (χ3v) is 5.32. The highest BCUT2D eigenvalue weighted by Gasteiger charge is 2.34. The first-order valence-corrected chi connectivity index (χ1v) is 7.75. The maximum absolute atomic E-state index is 12.5. The van der Waals surface area contributed by atoms with Gasteiger partial charge in [-0.25, -0.2) is 13.2 Å². The Kier molecular flexibility index (Phi) is 4.33. The highest BCUT2D eigenvalue weighted by molar-refractivity contribution is 7.89. The highest BCUT2D eigenvalue weighted by Crippen LogP contribution is 2.24. The van der Waals surface area contributed by atoms with Gasteiger partial charge in [-0.3, -0.25) is 0 Å². The minimum Gasteiger partial charge on any atom is -0.479 e. The number of hydrogen-bond acceptors (Lipinski definition) is 4. The molecule has 8 heteroatoms. The van der Waals surface area contributed by atoms with Crippen LogP contribution in [0.15, 0.2) is 23.1 Å². The van der Waals surface area contributed by atoms with Crippen LogP contribution in [-0.2, 0) is 19.6 Å².